The van der Waals surface area contributed by atoms with Crippen molar-refractivity contribution >= 4 is 35.0 Å². The number of benzene rings is 2. The predicted molar refractivity (Wildman–Crippen MR) is 108 cm³/mol. The molecule has 0 spiro atoms. The molecule has 2 aromatic carbocycles. The van der Waals surface area contributed by atoms with Gasteiger partial charge in [-0.25, -0.2) is 0 Å². The van der Waals surface area contributed by atoms with E-state index in [1.165, 1.54) is 4.90 Å². The number of carbonyl (C=O) groups is 1. The van der Waals surface area contributed by atoms with Crippen molar-refractivity contribution < 1.29 is 19.0 Å². The Morgan fingerprint density at radius 2 is 1.56 bits per heavy atom. The van der Waals surface area contributed by atoms with Crippen LogP contribution in [0.3, 0.4) is 0 Å². The fraction of sp³-hybridized carbons (Fsp3) is 0.200. The maximum absolute atomic E-state index is 13.0. The Hall–Kier alpha value is -3.06. The Balaban J connectivity index is 2.05. The molecule has 0 saturated carbocycles. The number of ether oxygens (including phenoxy) is 3. The topological polar surface area (TPSA) is 51.2 Å². The summed E-state index contributed by atoms with van der Waals surface area (Å²) in [4.78, 5) is 16.2. The molecule has 0 unspecified atom stereocenters. The summed E-state index contributed by atoms with van der Waals surface area (Å²) in [7, 11) is 6.41. The average molecular weight is 384 g/mol. The first-order chi connectivity index (χ1) is 13.0. The molecule has 0 aromatic heterocycles. The molecule has 1 saturated heterocycles. The van der Waals surface area contributed by atoms with Gasteiger partial charge in [0.15, 0.2) is 16.6 Å². The van der Waals surface area contributed by atoms with Crippen molar-refractivity contribution in [1.82, 2.24) is 4.90 Å². The van der Waals surface area contributed by atoms with E-state index in [2.05, 4.69) is 0 Å². The van der Waals surface area contributed by atoms with Crippen LogP contribution in [0.1, 0.15) is 5.56 Å². The van der Waals surface area contributed by atoms with Gasteiger partial charge in [-0.05, 0) is 48.1 Å². The average Bonchev–Trinajstić information content (AvgIpc) is 2.91. The third-order valence-corrected chi connectivity index (χ3v) is 4.72. The number of hydrogen-bond acceptors (Lipinski definition) is 5. The van der Waals surface area contributed by atoms with Gasteiger partial charge in [-0.3, -0.25) is 9.69 Å². The lowest BCUT2D eigenvalue weighted by molar-refractivity contribution is -0.114. The van der Waals surface area contributed by atoms with E-state index < -0.39 is 0 Å². The molecule has 1 amide bonds. The summed E-state index contributed by atoms with van der Waals surface area (Å²) in [5, 5.41) is 0.421. The number of thiocarbonyl (C=S) groups is 1. The van der Waals surface area contributed by atoms with Crippen molar-refractivity contribution in [3.8, 4) is 17.2 Å². The molecule has 0 bridgehead atoms. The molecule has 1 heterocycles. The molecule has 140 valence electrons. The second-order valence-corrected chi connectivity index (χ2v) is 6.17. The number of rotatable bonds is 5. The maximum atomic E-state index is 13.0. The van der Waals surface area contributed by atoms with E-state index in [9.17, 15) is 4.79 Å². The van der Waals surface area contributed by atoms with Crippen LogP contribution in [0.4, 0.5) is 5.69 Å². The van der Waals surface area contributed by atoms with Gasteiger partial charge < -0.3 is 19.1 Å². The standard InChI is InChI=1S/C20H20N2O4S/c1-21-15(19(23)22(20(21)27)14-8-6-5-7-9-14)10-13-11-16(24-2)18(26-4)17(12-13)25-3/h5-12H,1-4H3/b15-10-. The Bertz CT molecular complexity index is 886. The van der Waals surface area contributed by atoms with Crippen molar-refractivity contribution in [2.24, 2.45) is 0 Å². The summed E-state index contributed by atoms with van der Waals surface area (Å²) in [5.41, 5.74) is 1.92. The van der Waals surface area contributed by atoms with Crippen LogP contribution in [0.5, 0.6) is 17.2 Å². The van der Waals surface area contributed by atoms with Gasteiger partial charge in [0, 0.05) is 7.05 Å². The van der Waals surface area contributed by atoms with Crippen LogP contribution in [0, 0.1) is 0 Å². The quantitative estimate of drug-likeness (QED) is 0.582. The lowest BCUT2D eigenvalue weighted by Crippen LogP contribution is -2.30. The van der Waals surface area contributed by atoms with E-state index in [4.69, 9.17) is 26.4 Å². The Morgan fingerprint density at radius 1 is 0.963 bits per heavy atom. The molecule has 27 heavy (non-hydrogen) atoms. The molecular weight excluding hydrogens is 364 g/mol. The van der Waals surface area contributed by atoms with E-state index in [1.54, 1.807) is 51.5 Å². The van der Waals surface area contributed by atoms with Crippen molar-refractivity contribution in [1.29, 1.82) is 0 Å². The van der Waals surface area contributed by atoms with E-state index in [0.717, 1.165) is 11.3 Å². The highest BCUT2D eigenvalue weighted by atomic mass is 32.1. The minimum Gasteiger partial charge on any atom is -0.493 e. The van der Waals surface area contributed by atoms with Crippen molar-refractivity contribution in [2.75, 3.05) is 33.3 Å². The largest absolute Gasteiger partial charge is 0.493 e. The molecule has 0 aliphatic carbocycles. The number of hydrogen-bond donors (Lipinski definition) is 0. The van der Waals surface area contributed by atoms with E-state index in [-0.39, 0.29) is 5.91 Å². The van der Waals surface area contributed by atoms with Crippen molar-refractivity contribution in [2.45, 2.75) is 0 Å². The van der Waals surface area contributed by atoms with Gasteiger partial charge in [0.05, 0.1) is 27.0 Å². The number of para-hydroxylation sites is 1. The summed E-state index contributed by atoms with van der Waals surface area (Å²) in [6.45, 7) is 0. The predicted octanol–water partition coefficient (Wildman–Crippen LogP) is 3.32. The molecule has 1 aliphatic rings. The van der Waals surface area contributed by atoms with Gasteiger partial charge in [-0.15, -0.1) is 0 Å². The number of nitrogens with zero attached hydrogens (tertiary/aromatic N) is 2. The second-order valence-electron chi connectivity index (χ2n) is 5.81. The van der Waals surface area contributed by atoms with Gasteiger partial charge in [-0.1, -0.05) is 18.2 Å². The Morgan fingerprint density at radius 3 is 2.07 bits per heavy atom. The SMILES string of the molecule is COc1cc(/C=C2/C(=O)N(c3ccccc3)C(=S)N2C)cc(OC)c1OC. The Kier molecular flexibility index (Phi) is 5.32. The summed E-state index contributed by atoms with van der Waals surface area (Å²) in [6, 6.07) is 12.9. The number of amides is 1. The fourth-order valence-electron chi connectivity index (χ4n) is 2.90. The number of methoxy groups -OCH3 is 3. The molecule has 6 nitrogen and oxygen atoms in total. The van der Waals surface area contributed by atoms with Crippen LogP contribution in [0.15, 0.2) is 48.2 Å². The van der Waals surface area contributed by atoms with Gasteiger partial charge in [0.25, 0.3) is 5.91 Å². The normalized spacial score (nSPS) is 15.5. The second kappa shape index (κ2) is 7.67. The lowest BCUT2D eigenvalue weighted by Gasteiger charge is -2.16. The molecule has 0 radical (unpaired) electrons. The molecule has 0 atom stereocenters. The molecule has 1 fully saturated rings. The summed E-state index contributed by atoms with van der Waals surface area (Å²) < 4.78 is 16.1. The number of carbonyl (C=O) groups excluding carboxylic acids is 1. The molecule has 1 aliphatic heterocycles. The van der Waals surface area contributed by atoms with Crippen LogP contribution in [0.25, 0.3) is 6.08 Å². The van der Waals surface area contributed by atoms with E-state index in [1.807, 2.05) is 30.3 Å². The van der Waals surface area contributed by atoms with Gasteiger partial charge in [-0.2, -0.15) is 0 Å². The number of likely N-dealkylation sites (N-methyl/N-ethyl adjacent to an activating group) is 1. The fourth-order valence-corrected chi connectivity index (χ4v) is 3.19. The van der Waals surface area contributed by atoms with Gasteiger partial charge in [0.2, 0.25) is 5.75 Å². The zero-order chi connectivity index (χ0) is 19.6. The third-order valence-electron chi connectivity index (χ3n) is 4.27. The molecule has 2 aromatic rings. The minimum atomic E-state index is -0.192. The maximum Gasteiger partial charge on any atom is 0.281 e. The van der Waals surface area contributed by atoms with Crippen LogP contribution >= 0.6 is 12.2 Å². The van der Waals surface area contributed by atoms with E-state index in [0.29, 0.717) is 28.1 Å². The van der Waals surface area contributed by atoms with Crippen LogP contribution in [0.2, 0.25) is 0 Å². The summed E-state index contributed by atoms with van der Waals surface area (Å²) in [5.74, 6) is 1.33. The van der Waals surface area contributed by atoms with Crippen molar-refractivity contribution in [3.05, 3.63) is 53.7 Å². The first-order valence-electron chi connectivity index (χ1n) is 8.20. The first-order valence-corrected chi connectivity index (χ1v) is 8.61. The van der Waals surface area contributed by atoms with Crippen LogP contribution in [-0.2, 0) is 4.79 Å². The minimum absolute atomic E-state index is 0.192. The van der Waals surface area contributed by atoms with Gasteiger partial charge in [0.1, 0.15) is 5.70 Å². The summed E-state index contributed by atoms with van der Waals surface area (Å²) >= 11 is 5.47. The highest BCUT2D eigenvalue weighted by Gasteiger charge is 2.36. The smallest absolute Gasteiger partial charge is 0.281 e. The molecule has 0 N–H and O–H groups in total. The highest BCUT2D eigenvalue weighted by Crippen LogP contribution is 2.39. The Labute approximate surface area is 163 Å². The van der Waals surface area contributed by atoms with Gasteiger partial charge >= 0.3 is 0 Å². The molecular formula is C20H20N2O4S. The first kappa shape index (κ1) is 18.7. The number of anilines is 1. The monoisotopic (exact) mass is 384 g/mol. The summed E-state index contributed by atoms with van der Waals surface area (Å²) in [6.07, 6.45) is 1.75. The highest BCUT2D eigenvalue weighted by molar-refractivity contribution is 7.80. The molecule has 3 rings (SSSR count). The lowest BCUT2D eigenvalue weighted by atomic mass is 10.1. The van der Waals surface area contributed by atoms with E-state index >= 15 is 0 Å². The molecule has 7 heteroatoms. The third kappa shape index (κ3) is 3.33. The zero-order valence-corrected chi connectivity index (χ0v) is 16.4. The van der Waals surface area contributed by atoms with Crippen LogP contribution < -0.4 is 19.1 Å². The van der Waals surface area contributed by atoms with Crippen molar-refractivity contribution in [3.63, 3.8) is 0 Å². The zero-order valence-electron chi connectivity index (χ0n) is 15.6. The van der Waals surface area contributed by atoms with Crippen LogP contribution in [-0.4, -0.2) is 44.3 Å².